The van der Waals surface area contributed by atoms with Crippen molar-refractivity contribution in [1.29, 1.82) is 0 Å². The van der Waals surface area contributed by atoms with Crippen LogP contribution in [0.5, 0.6) is 0 Å². The summed E-state index contributed by atoms with van der Waals surface area (Å²) in [6.07, 6.45) is 5.29. The average molecular weight is 356 g/mol. The number of nitrogens with zero attached hydrogens (tertiary/aromatic N) is 4. The van der Waals surface area contributed by atoms with Crippen molar-refractivity contribution in [3.05, 3.63) is 48.0 Å². The average Bonchev–Trinajstić information content (AvgIpc) is 3.21. The summed E-state index contributed by atoms with van der Waals surface area (Å²) in [6, 6.07) is 5.55. The summed E-state index contributed by atoms with van der Waals surface area (Å²) in [5.41, 5.74) is 2.00. The van der Waals surface area contributed by atoms with E-state index in [0.29, 0.717) is 13.1 Å². The summed E-state index contributed by atoms with van der Waals surface area (Å²) in [6.45, 7) is 3.98. The van der Waals surface area contributed by atoms with Crippen molar-refractivity contribution in [2.24, 2.45) is 5.92 Å². The molecule has 2 amide bonds. The third-order valence-corrected chi connectivity index (χ3v) is 4.56. The fourth-order valence-electron chi connectivity index (χ4n) is 3.31. The highest BCUT2D eigenvalue weighted by Crippen LogP contribution is 2.20. The monoisotopic (exact) mass is 356 g/mol. The van der Waals surface area contributed by atoms with Crippen LogP contribution in [-0.2, 0) is 22.7 Å². The molecule has 1 fully saturated rings. The highest BCUT2D eigenvalue weighted by molar-refractivity contribution is 5.82. The van der Waals surface area contributed by atoms with Gasteiger partial charge in [-0.2, -0.15) is 5.10 Å². The topological polar surface area (TPSA) is 92.2 Å². The molecule has 2 aromatic heterocycles. The lowest BCUT2D eigenvalue weighted by atomic mass is 10.0. The second kappa shape index (κ2) is 8.09. The van der Waals surface area contributed by atoms with Gasteiger partial charge >= 0.3 is 0 Å². The van der Waals surface area contributed by atoms with Gasteiger partial charge in [0.15, 0.2) is 0 Å². The number of aromatic nitrogens is 3. The van der Waals surface area contributed by atoms with Gasteiger partial charge in [0, 0.05) is 45.3 Å². The number of carbonyl (C=O) groups excluding carboxylic acids is 2. The van der Waals surface area contributed by atoms with Gasteiger partial charge in [0.05, 0.1) is 17.7 Å². The van der Waals surface area contributed by atoms with E-state index in [1.54, 1.807) is 30.3 Å². The largest absolute Gasteiger partial charge is 0.359 e. The second-order valence-electron chi connectivity index (χ2n) is 6.60. The fraction of sp³-hybridized carbons (Fsp3) is 0.444. The number of hydrogen-bond acceptors (Lipinski definition) is 5. The predicted molar refractivity (Wildman–Crippen MR) is 96.0 cm³/mol. The Bertz CT molecular complexity index is 760. The zero-order chi connectivity index (χ0) is 18.5. The second-order valence-corrected chi connectivity index (χ2v) is 6.60. The molecular weight excluding hydrogens is 332 g/mol. The van der Waals surface area contributed by atoms with E-state index >= 15 is 0 Å². The Morgan fingerprint density at radius 2 is 2.00 bits per heavy atom. The standard InChI is InChI=1S/C18H24N6O2/c1-13-5-8-24(22-13)12-17(25)21-16-11-23(10-15(16)18(26)19-2)9-14-3-6-20-7-4-14/h3-8,15-16H,9-12H2,1-2H3,(H,19,26)(H,21,25)/t15-,16-/m0/s1. The molecule has 0 unspecified atom stereocenters. The van der Waals surface area contributed by atoms with Gasteiger partial charge in [-0.25, -0.2) is 0 Å². The molecule has 2 atom stereocenters. The summed E-state index contributed by atoms with van der Waals surface area (Å²) >= 11 is 0. The van der Waals surface area contributed by atoms with E-state index in [1.165, 1.54) is 0 Å². The van der Waals surface area contributed by atoms with Crippen molar-refractivity contribution in [3.63, 3.8) is 0 Å². The number of carbonyl (C=O) groups is 2. The maximum absolute atomic E-state index is 12.4. The first kappa shape index (κ1) is 18.1. The summed E-state index contributed by atoms with van der Waals surface area (Å²) in [4.78, 5) is 30.8. The number of aryl methyl sites for hydroxylation is 1. The zero-order valence-electron chi connectivity index (χ0n) is 15.1. The lowest BCUT2D eigenvalue weighted by molar-refractivity contribution is -0.126. The van der Waals surface area contributed by atoms with Gasteiger partial charge in [-0.15, -0.1) is 0 Å². The van der Waals surface area contributed by atoms with E-state index in [1.807, 2.05) is 25.1 Å². The van der Waals surface area contributed by atoms with Gasteiger partial charge in [-0.3, -0.25) is 24.2 Å². The van der Waals surface area contributed by atoms with Crippen molar-refractivity contribution < 1.29 is 9.59 Å². The molecule has 3 rings (SSSR count). The summed E-state index contributed by atoms with van der Waals surface area (Å²) < 4.78 is 1.60. The molecule has 2 aromatic rings. The number of amides is 2. The summed E-state index contributed by atoms with van der Waals surface area (Å²) in [7, 11) is 1.62. The molecule has 0 radical (unpaired) electrons. The predicted octanol–water partition coefficient (Wildman–Crippen LogP) is -0.0507. The van der Waals surface area contributed by atoms with Gasteiger partial charge in [0.2, 0.25) is 11.8 Å². The molecule has 3 heterocycles. The Labute approximate surface area is 152 Å². The molecule has 0 aliphatic carbocycles. The molecule has 8 nitrogen and oxygen atoms in total. The SMILES string of the molecule is CNC(=O)[C@H]1CN(Cc2ccncc2)C[C@@H]1NC(=O)Cn1ccc(C)n1. The number of rotatable bonds is 6. The van der Waals surface area contributed by atoms with Gasteiger partial charge in [0.25, 0.3) is 0 Å². The minimum atomic E-state index is -0.273. The van der Waals surface area contributed by atoms with E-state index in [4.69, 9.17) is 0 Å². The van der Waals surface area contributed by atoms with Crippen LogP contribution in [0.15, 0.2) is 36.8 Å². The minimum Gasteiger partial charge on any atom is -0.359 e. The van der Waals surface area contributed by atoms with Gasteiger partial charge in [-0.05, 0) is 30.7 Å². The minimum absolute atomic E-state index is 0.0533. The first-order chi connectivity index (χ1) is 12.5. The normalized spacial score (nSPS) is 20.1. The molecule has 1 saturated heterocycles. The molecule has 0 spiro atoms. The number of pyridine rings is 1. The van der Waals surface area contributed by atoms with E-state index < -0.39 is 0 Å². The van der Waals surface area contributed by atoms with Gasteiger partial charge < -0.3 is 10.6 Å². The maximum Gasteiger partial charge on any atom is 0.242 e. The van der Waals surface area contributed by atoms with Crippen LogP contribution in [0.3, 0.4) is 0 Å². The molecule has 0 saturated carbocycles. The highest BCUT2D eigenvalue weighted by Gasteiger charge is 2.37. The molecule has 1 aliphatic heterocycles. The number of nitrogens with one attached hydrogen (secondary N) is 2. The van der Waals surface area contributed by atoms with Crippen molar-refractivity contribution in [2.75, 3.05) is 20.1 Å². The van der Waals surface area contributed by atoms with Crippen molar-refractivity contribution in [3.8, 4) is 0 Å². The van der Waals surface area contributed by atoms with Crippen LogP contribution in [0.4, 0.5) is 0 Å². The van der Waals surface area contributed by atoms with Crippen LogP contribution < -0.4 is 10.6 Å². The van der Waals surface area contributed by atoms with Crippen molar-refractivity contribution in [2.45, 2.75) is 26.1 Å². The zero-order valence-corrected chi connectivity index (χ0v) is 15.1. The summed E-state index contributed by atoms with van der Waals surface area (Å²) in [5.74, 6) is -0.467. The van der Waals surface area contributed by atoms with E-state index in [-0.39, 0.29) is 30.3 Å². The van der Waals surface area contributed by atoms with Crippen LogP contribution in [0.25, 0.3) is 0 Å². The maximum atomic E-state index is 12.4. The lowest BCUT2D eigenvalue weighted by Gasteiger charge is -2.18. The smallest absolute Gasteiger partial charge is 0.242 e. The molecule has 1 aliphatic rings. The van der Waals surface area contributed by atoms with E-state index in [9.17, 15) is 9.59 Å². The van der Waals surface area contributed by atoms with Crippen LogP contribution in [0.1, 0.15) is 11.3 Å². The van der Waals surface area contributed by atoms with Crippen LogP contribution in [0.2, 0.25) is 0 Å². The molecule has 138 valence electrons. The first-order valence-electron chi connectivity index (χ1n) is 8.67. The quantitative estimate of drug-likeness (QED) is 0.757. The van der Waals surface area contributed by atoms with Gasteiger partial charge in [-0.1, -0.05) is 0 Å². The number of hydrogen-bond donors (Lipinski definition) is 2. The van der Waals surface area contributed by atoms with Gasteiger partial charge in [0.1, 0.15) is 6.54 Å². The molecule has 8 heteroatoms. The Balaban J connectivity index is 1.63. The Morgan fingerprint density at radius 1 is 1.23 bits per heavy atom. The van der Waals surface area contributed by atoms with Crippen LogP contribution in [0, 0.1) is 12.8 Å². The lowest BCUT2D eigenvalue weighted by Crippen LogP contribution is -2.46. The Morgan fingerprint density at radius 3 is 2.65 bits per heavy atom. The first-order valence-corrected chi connectivity index (χ1v) is 8.67. The molecule has 26 heavy (non-hydrogen) atoms. The van der Waals surface area contributed by atoms with E-state index in [2.05, 4.69) is 25.6 Å². The van der Waals surface area contributed by atoms with Crippen LogP contribution in [-0.4, -0.2) is 57.7 Å². The molecular formula is C18H24N6O2. The third-order valence-electron chi connectivity index (χ3n) is 4.56. The third kappa shape index (κ3) is 4.45. The highest BCUT2D eigenvalue weighted by atomic mass is 16.2. The number of likely N-dealkylation sites (tertiary alicyclic amines) is 1. The molecule has 0 aromatic carbocycles. The van der Waals surface area contributed by atoms with Crippen molar-refractivity contribution in [1.82, 2.24) is 30.3 Å². The Kier molecular flexibility index (Phi) is 5.62. The van der Waals surface area contributed by atoms with Crippen molar-refractivity contribution >= 4 is 11.8 Å². The van der Waals surface area contributed by atoms with E-state index in [0.717, 1.165) is 17.8 Å². The Hall–Kier alpha value is -2.74. The van der Waals surface area contributed by atoms with Crippen LogP contribution >= 0.6 is 0 Å². The fourth-order valence-corrected chi connectivity index (χ4v) is 3.31. The molecule has 2 N–H and O–H groups in total. The molecule has 0 bridgehead atoms. The summed E-state index contributed by atoms with van der Waals surface area (Å²) in [5, 5.41) is 9.93.